The average molecular weight is 291 g/mol. The zero-order chi connectivity index (χ0) is 14.6. The predicted molar refractivity (Wildman–Crippen MR) is 77.6 cm³/mol. The first-order valence-electron chi connectivity index (χ1n) is 8.57. The van der Waals surface area contributed by atoms with Gasteiger partial charge < -0.3 is 10.0 Å². The van der Waals surface area contributed by atoms with Gasteiger partial charge >= 0.3 is 5.97 Å². The maximum absolute atomic E-state index is 12.7. The largest absolute Gasteiger partial charge is 0.480 e. The highest BCUT2D eigenvalue weighted by Gasteiger charge is 2.52. The highest BCUT2D eigenvalue weighted by molar-refractivity contribution is 5.84. The van der Waals surface area contributed by atoms with Crippen LogP contribution in [0.4, 0.5) is 0 Å². The standard InChI is InChI=1S/C17H25NO3/c19-15(18-3-1-2-14(18)16(20)21)10-17-7-11-4-12(8-17)6-13(5-11)9-17/h11-14H,1-10H2,(H,20,21). The lowest BCUT2D eigenvalue weighted by Gasteiger charge is -2.57. The van der Waals surface area contributed by atoms with Crippen LogP contribution in [0.5, 0.6) is 0 Å². The molecule has 0 aromatic carbocycles. The van der Waals surface area contributed by atoms with Crippen molar-refractivity contribution in [1.82, 2.24) is 4.90 Å². The number of hydrogen-bond donors (Lipinski definition) is 1. The van der Waals surface area contributed by atoms with E-state index in [2.05, 4.69) is 0 Å². The third-order valence-corrected chi connectivity index (χ3v) is 6.55. The number of carboxylic acids is 1. The van der Waals surface area contributed by atoms with Gasteiger partial charge in [0.1, 0.15) is 6.04 Å². The van der Waals surface area contributed by atoms with Gasteiger partial charge in [-0.25, -0.2) is 4.79 Å². The van der Waals surface area contributed by atoms with Crippen molar-refractivity contribution in [2.75, 3.05) is 6.54 Å². The Balaban J connectivity index is 1.48. The minimum absolute atomic E-state index is 0.113. The topological polar surface area (TPSA) is 57.6 Å². The van der Waals surface area contributed by atoms with E-state index in [-0.39, 0.29) is 11.3 Å². The fourth-order valence-electron chi connectivity index (χ4n) is 6.25. The van der Waals surface area contributed by atoms with Crippen LogP contribution >= 0.6 is 0 Å². The van der Waals surface area contributed by atoms with E-state index in [0.29, 0.717) is 19.4 Å². The number of carbonyl (C=O) groups excluding carboxylic acids is 1. The summed E-state index contributed by atoms with van der Waals surface area (Å²) < 4.78 is 0. The number of aliphatic carboxylic acids is 1. The van der Waals surface area contributed by atoms with Crippen LogP contribution in [0.3, 0.4) is 0 Å². The van der Waals surface area contributed by atoms with Crippen LogP contribution in [0.15, 0.2) is 0 Å². The highest BCUT2D eigenvalue weighted by Crippen LogP contribution is 2.61. The van der Waals surface area contributed by atoms with Gasteiger partial charge in [0.15, 0.2) is 0 Å². The maximum Gasteiger partial charge on any atom is 0.326 e. The molecule has 1 N–H and O–H groups in total. The number of rotatable bonds is 3. The van der Waals surface area contributed by atoms with Gasteiger partial charge in [-0.1, -0.05) is 0 Å². The van der Waals surface area contributed by atoms with Crippen LogP contribution in [0.25, 0.3) is 0 Å². The Morgan fingerprint density at radius 2 is 1.62 bits per heavy atom. The molecule has 4 saturated carbocycles. The quantitative estimate of drug-likeness (QED) is 0.869. The molecule has 1 heterocycles. The van der Waals surface area contributed by atoms with Crippen molar-refractivity contribution in [3.8, 4) is 0 Å². The zero-order valence-corrected chi connectivity index (χ0v) is 12.6. The third-order valence-electron chi connectivity index (χ3n) is 6.55. The van der Waals surface area contributed by atoms with Gasteiger partial charge in [-0.2, -0.15) is 0 Å². The Bertz CT molecular complexity index is 437. The van der Waals surface area contributed by atoms with Crippen LogP contribution in [0, 0.1) is 23.2 Å². The summed E-state index contributed by atoms with van der Waals surface area (Å²) >= 11 is 0. The van der Waals surface area contributed by atoms with Crippen molar-refractivity contribution < 1.29 is 14.7 Å². The average Bonchev–Trinajstić information content (AvgIpc) is 2.85. The molecule has 0 aromatic rings. The summed E-state index contributed by atoms with van der Waals surface area (Å²) in [5.74, 6) is 1.82. The molecule has 0 aromatic heterocycles. The van der Waals surface area contributed by atoms with E-state index in [9.17, 15) is 14.7 Å². The smallest absolute Gasteiger partial charge is 0.326 e. The summed E-state index contributed by atoms with van der Waals surface area (Å²) in [5, 5.41) is 9.27. The number of amides is 1. The van der Waals surface area contributed by atoms with E-state index in [1.165, 1.54) is 38.5 Å². The first kappa shape index (κ1) is 13.6. The van der Waals surface area contributed by atoms with Gasteiger partial charge in [0, 0.05) is 13.0 Å². The van der Waals surface area contributed by atoms with E-state index in [1.54, 1.807) is 4.90 Å². The lowest BCUT2D eigenvalue weighted by Crippen LogP contribution is -2.49. The molecule has 1 amide bonds. The molecule has 4 aliphatic carbocycles. The van der Waals surface area contributed by atoms with Gasteiger partial charge in [0.05, 0.1) is 0 Å². The van der Waals surface area contributed by atoms with Crippen LogP contribution in [0.1, 0.15) is 57.8 Å². The molecule has 0 spiro atoms. The van der Waals surface area contributed by atoms with Crippen LogP contribution < -0.4 is 0 Å². The summed E-state index contributed by atoms with van der Waals surface area (Å²) in [6.07, 6.45) is 9.88. The molecule has 116 valence electrons. The molecule has 1 aliphatic heterocycles. The summed E-state index contributed by atoms with van der Waals surface area (Å²) in [6.45, 7) is 0.641. The minimum Gasteiger partial charge on any atom is -0.480 e. The summed E-state index contributed by atoms with van der Waals surface area (Å²) in [7, 11) is 0. The van der Waals surface area contributed by atoms with E-state index >= 15 is 0 Å². The minimum atomic E-state index is -0.827. The SMILES string of the molecule is O=C(O)C1CCCN1C(=O)CC12CC3CC(CC(C3)C1)C2. The molecule has 1 saturated heterocycles. The molecule has 4 nitrogen and oxygen atoms in total. The number of nitrogens with zero attached hydrogens (tertiary/aromatic N) is 1. The fraction of sp³-hybridized carbons (Fsp3) is 0.882. The van der Waals surface area contributed by atoms with E-state index < -0.39 is 12.0 Å². The summed E-state index contributed by atoms with van der Waals surface area (Å²) in [6, 6.07) is -0.564. The Morgan fingerprint density at radius 3 is 2.14 bits per heavy atom. The zero-order valence-electron chi connectivity index (χ0n) is 12.6. The van der Waals surface area contributed by atoms with Crippen molar-refractivity contribution in [2.45, 2.75) is 63.8 Å². The molecule has 4 heteroatoms. The van der Waals surface area contributed by atoms with Crippen molar-refractivity contribution in [1.29, 1.82) is 0 Å². The van der Waals surface area contributed by atoms with Crippen molar-refractivity contribution >= 4 is 11.9 Å². The molecule has 21 heavy (non-hydrogen) atoms. The first-order valence-corrected chi connectivity index (χ1v) is 8.57. The normalized spacial score (nSPS) is 44.3. The fourth-order valence-corrected chi connectivity index (χ4v) is 6.25. The number of likely N-dealkylation sites (tertiary alicyclic amines) is 1. The number of carboxylic acid groups (broad SMARTS) is 1. The van der Waals surface area contributed by atoms with Gasteiger partial charge in [-0.15, -0.1) is 0 Å². The predicted octanol–water partition coefficient (Wildman–Crippen LogP) is 2.67. The molecule has 0 radical (unpaired) electrons. The van der Waals surface area contributed by atoms with E-state index in [1.807, 2.05) is 0 Å². The Hall–Kier alpha value is -1.06. The van der Waals surface area contributed by atoms with Crippen LogP contribution in [0.2, 0.25) is 0 Å². The first-order chi connectivity index (χ1) is 10.0. The molecule has 5 aliphatic rings. The van der Waals surface area contributed by atoms with Crippen LogP contribution in [-0.4, -0.2) is 34.5 Å². The second-order valence-electron chi connectivity index (χ2n) is 8.18. The Kier molecular flexibility index (Phi) is 3.05. The van der Waals surface area contributed by atoms with Gasteiger partial charge in [-0.05, 0) is 74.5 Å². The molecule has 1 unspecified atom stereocenters. The maximum atomic E-state index is 12.7. The van der Waals surface area contributed by atoms with E-state index in [4.69, 9.17) is 0 Å². The van der Waals surface area contributed by atoms with Gasteiger partial charge in [-0.3, -0.25) is 4.79 Å². The van der Waals surface area contributed by atoms with Gasteiger partial charge in [0.25, 0.3) is 0 Å². The lowest BCUT2D eigenvalue weighted by molar-refractivity contribution is -0.151. The monoisotopic (exact) mass is 291 g/mol. The highest BCUT2D eigenvalue weighted by atomic mass is 16.4. The van der Waals surface area contributed by atoms with Crippen molar-refractivity contribution in [3.63, 3.8) is 0 Å². The number of hydrogen-bond acceptors (Lipinski definition) is 2. The summed E-state index contributed by atoms with van der Waals surface area (Å²) in [4.78, 5) is 25.6. The van der Waals surface area contributed by atoms with Crippen LogP contribution in [-0.2, 0) is 9.59 Å². The molecule has 1 atom stereocenters. The summed E-state index contributed by atoms with van der Waals surface area (Å²) in [5.41, 5.74) is 0.220. The molecule has 5 rings (SSSR count). The van der Waals surface area contributed by atoms with Gasteiger partial charge in [0.2, 0.25) is 5.91 Å². The molecule has 4 bridgehead atoms. The molecular weight excluding hydrogens is 266 g/mol. The Morgan fingerprint density at radius 1 is 1.05 bits per heavy atom. The molecule has 5 fully saturated rings. The van der Waals surface area contributed by atoms with Crippen molar-refractivity contribution in [3.05, 3.63) is 0 Å². The second-order valence-corrected chi connectivity index (χ2v) is 8.18. The second kappa shape index (κ2) is 4.72. The lowest BCUT2D eigenvalue weighted by atomic mass is 9.49. The third kappa shape index (κ3) is 2.27. The van der Waals surface area contributed by atoms with Crippen molar-refractivity contribution in [2.24, 2.45) is 23.2 Å². The van der Waals surface area contributed by atoms with E-state index in [0.717, 1.165) is 24.2 Å². The number of carbonyl (C=O) groups is 2. The Labute approximate surface area is 125 Å². The molecular formula is C17H25NO3.